The van der Waals surface area contributed by atoms with Crippen molar-refractivity contribution < 1.29 is 14.3 Å². The lowest BCUT2D eigenvalue weighted by atomic mass is 10.1. The number of carbonyl (C=O) groups excluding carboxylic acids is 1. The molecule has 2 aromatic carbocycles. The number of nitrogens with zero attached hydrogens (tertiary/aromatic N) is 3. The number of esters is 1. The summed E-state index contributed by atoms with van der Waals surface area (Å²) in [7, 11) is 1.29. The number of nitrogens with two attached hydrogens (primary N) is 1. The summed E-state index contributed by atoms with van der Waals surface area (Å²) < 4.78 is 13.0. The standard InChI is InChI=1S/C19H14BrClN4O3/c1-27-18(26)15-16(28-9-10-5-3-2-4-6-10)12-7-11(21)8-13(20)14(12)17-23-19(22)24-25(15)17/h2-8H,9H2,1H3,(H2,22,24). The monoisotopic (exact) mass is 460 g/mol. The molecule has 142 valence electrons. The molecule has 0 bridgehead atoms. The second-order valence-corrected chi connectivity index (χ2v) is 7.25. The molecular weight excluding hydrogens is 448 g/mol. The number of aromatic nitrogens is 3. The first kappa shape index (κ1) is 18.5. The number of carbonyl (C=O) groups is 1. The maximum absolute atomic E-state index is 12.6. The molecule has 0 unspecified atom stereocenters. The van der Waals surface area contributed by atoms with E-state index in [0.717, 1.165) is 5.56 Å². The Hall–Kier alpha value is -2.84. The van der Waals surface area contributed by atoms with Gasteiger partial charge in [-0.2, -0.15) is 9.50 Å². The van der Waals surface area contributed by atoms with Gasteiger partial charge in [-0.1, -0.05) is 41.9 Å². The number of halogens is 2. The second kappa shape index (κ2) is 7.29. The van der Waals surface area contributed by atoms with Gasteiger partial charge in [0.25, 0.3) is 0 Å². The van der Waals surface area contributed by atoms with Crippen LogP contribution in [0.1, 0.15) is 16.1 Å². The number of methoxy groups -OCH3 is 1. The Morgan fingerprint density at radius 1 is 1.29 bits per heavy atom. The van der Waals surface area contributed by atoms with E-state index in [4.69, 9.17) is 26.8 Å². The summed E-state index contributed by atoms with van der Waals surface area (Å²) in [6.07, 6.45) is 0. The highest BCUT2D eigenvalue weighted by Crippen LogP contribution is 2.39. The van der Waals surface area contributed by atoms with Crippen molar-refractivity contribution in [3.63, 3.8) is 0 Å². The highest BCUT2D eigenvalue weighted by atomic mass is 79.9. The average molecular weight is 462 g/mol. The van der Waals surface area contributed by atoms with Crippen molar-refractivity contribution in [2.75, 3.05) is 12.8 Å². The van der Waals surface area contributed by atoms with Crippen molar-refractivity contribution in [1.29, 1.82) is 0 Å². The van der Waals surface area contributed by atoms with Crippen LogP contribution in [0.25, 0.3) is 16.4 Å². The first-order chi connectivity index (χ1) is 13.5. The first-order valence-electron chi connectivity index (χ1n) is 8.21. The Morgan fingerprint density at radius 2 is 2.04 bits per heavy atom. The number of hydrogen-bond acceptors (Lipinski definition) is 6. The lowest BCUT2D eigenvalue weighted by Crippen LogP contribution is -2.13. The summed E-state index contributed by atoms with van der Waals surface area (Å²) >= 11 is 9.77. The minimum Gasteiger partial charge on any atom is -0.486 e. The summed E-state index contributed by atoms with van der Waals surface area (Å²) in [6, 6.07) is 13.0. The number of nitrogen functional groups attached to an aromatic ring is 1. The smallest absolute Gasteiger partial charge is 0.360 e. The predicted octanol–water partition coefficient (Wildman–Crippen LogP) is 4.25. The molecule has 0 amide bonds. The van der Waals surface area contributed by atoms with Crippen molar-refractivity contribution in [1.82, 2.24) is 14.6 Å². The molecule has 0 saturated heterocycles. The van der Waals surface area contributed by atoms with Gasteiger partial charge in [0, 0.05) is 20.3 Å². The number of benzene rings is 2. The van der Waals surface area contributed by atoms with Gasteiger partial charge in [-0.15, -0.1) is 5.10 Å². The van der Waals surface area contributed by atoms with E-state index in [9.17, 15) is 4.79 Å². The minimum atomic E-state index is -0.629. The lowest BCUT2D eigenvalue weighted by Gasteiger charge is -2.16. The fraction of sp³-hybridized carbons (Fsp3) is 0.105. The molecule has 4 rings (SSSR count). The van der Waals surface area contributed by atoms with Crippen LogP contribution in [0.15, 0.2) is 46.9 Å². The number of pyridine rings is 1. The number of ether oxygens (including phenoxy) is 2. The molecule has 2 heterocycles. The number of hydrogen-bond donors (Lipinski definition) is 1. The first-order valence-corrected chi connectivity index (χ1v) is 9.38. The molecule has 0 radical (unpaired) electrons. The van der Waals surface area contributed by atoms with Gasteiger partial charge >= 0.3 is 5.97 Å². The van der Waals surface area contributed by atoms with Crippen LogP contribution in [0.2, 0.25) is 5.02 Å². The van der Waals surface area contributed by atoms with Gasteiger partial charge in [0.1, 0.15) is 6.61 Å². The van der Waals surface area contributed by atoms with E-state index in [-0.39, 0.29) is 24.0 Å². The molecular formula is C19H14BrClN4O3. The van der Waals surface area contributed by atoms with E-state index in [1.807, 2.05) is 30.3 Å². The molecule has 4 aromatic rings. The molecule has 0 aliphatic rings. The summed E-state index contributed by atoms with van der Waals surface area (Å²) in [5, 5.41) is 5.89. The Balaban J connectivity index is 2.04. The molecule has 0 fully saturated rings. The molecule has 0 spiro atoms. The van der Waals surface area contributed by atoms with E-state index in [2.05, 4.69) is 26.0 Å². The maximum Gasteiger partial charge on any atom is 0.360 e. The molecule has 7 nitrogen and oxygen atoms in total. The van der Waals surface area contributed by atoms with Crippen LogP contribution in [0.3, 0.4) is 0 Å². The summed E-state index contributed by atoms with van der Waals surface area (Å²) in [5.41, 5.74) is 7.22. The van der Waals surface area contributed by atoms with Crippen LogP contribution in [0, 0.1) is 0 Å². The van der Waals surface area contributed by atoms with Crippen molar-refractivity contribution in [3.05, 3.63) is 63.2 Å². The van der Waals surface area contributed by atoms with E-state index in [0.29, 0.717) is 25.9 Å². The Bertz CT molecular complexity index is 1210. The zero-order valence-electron chi connectivity index (χ0n) is 14.6. The van der Waals surface area contributed by atoms with Gasteiger partial charge in [-0.25, -0.2) is 4.79 Å². The fourth-order valence-corrected chi connectivity index (χ4v) is 3.99. The van der Waals surface area contributed by atoms with Crippen molar-refractivity contribution in [3.8, 4) is 5.75 Å². The molecule has 0 aliphatic heterocycles. The summed E-state index contributed by atoms with van der Waals surface area (Å²) in [4.78, 5) is 16.9. The quantitative estimate of drug-likeness (QED) is 0.457. The third-order valence-electron chi connectivity index (χ3n) is 4.18. The van der Waals surface area contributed by atoms with Crippen LogP contribution >= 0.6 is 27.5 Å². The predicted molar refractivity (Wildman–Crippen MR) is 110 cm³/mol. The average Bonchev–Trinajstić information content (AvgIpc) is 3.06. The normalized spacial score (nSPS) is 11.1. The van der Waals surface area contributed by atoms with Gasteiger partial charge in [0.2, 0.25) is 5.95 Å². The second-order valence-electron chi connectivity index (χ2n) is 5.96. The molecule has 28 heavy (non-hydrogen) atoms. The molecule has 0 saturated carbocycles. The maximum atomic E-state index is 12.6. The SMILES string of the molecule is COC(=O)c1c(OCc2ccccc2)c2cc(Cl)cc(Br)c2c2nc(N)nn12. The highest BCUT2D eigenvalue weighted by molar-refractivity contribution is 9.10. The van der Waals surface area contributed by atoms with Crippen molar-refractivity contribution in [2.45, 2.75) is 6.61 Å². The largest absolute Gasteiger partial charge is 0.486 e. The van der Waals surface area contributed by atoms with Crippen LogP contribution < -0.4 is 10.5 Å². The van der Waals surface area contributed by atoms with Gasteiger partial charge in [0.15, 0.2) is 17.1 Å². The third kappa shape index (κ3) is 3.14. The zero-order valence-corrected chi connectivity index (χ0v) is 17.0. The van der Waals surface area contributed by atoms with Crippen molar-refractivity contribution >= 4 is 55.9 Å². The van der Waals surface area contributed by atoms with E-state index in [1.54, 1.807) is 12.1 Å². The number of rotatable bonds is 4. The van der Waals surface area contributed by atoms with Crippen molar-refractivity contribution in [2.24, 2.45) is 0 Å². The van der Waals surface area contributed by atoms with E-state index >= 15 is 0 Å². The Morgan fingerprint density at radius 3 is 2.75 bits per heavy atom. The lowest BCUT2D eigenvalue weighted by molar-refractivity contribution is 0.0585. The Kier molecular flexibility index (Phi) is 4.82. The highest BCUT2D eigenvalue weighted by Gasteiger charge is 2.26. The molecule has 2 aromatic heterocycles. The van der Waals surface area contributed by atoms with Crippen LogP contribution in [-0.2, 0) is 11.3 Å². The van der Waals surface area contributed by atoms with E-state index < -0.39 is 5.97 Å². The van der Waals surface area contributed by atoms with Crippen LogP contribution in [0.5, 0.6) is 5.75 Å². The molecule has 0 aliphatic carbocycles. The number of fused-ring (bicyclic) bond motifs is 3. The topological polar surface area (TPSA) is 91.7 Å². The third-order valence-corrected chi connectivity index (χ3v) is 5.02. The van der Waals surface area contributed by atoms with Gasteiger partial charge < -0.3 is 15.2 Å². The summed E-state index contributed by atoms with van der Waals surface area (Å²) in [6.45, 7) is 0.236. The fourth-order valence-electron chi connectivity index (χ4n) is 3.00. The molecule has 9 heteroatoms. The van der Waals surface area contributed by atoms with Crippen LogP contribution in [0.4, 0.5) is 5.95 Å². The summed E-state index contributed by atoms with van der Waals surface area (Å²) in [5.74, 6) is -0.323. The molecule has 2 N–H and O–H groups in total. The zero-order chi connectivity index (χ0) is 19.8. The molecule has 0 atom stereocenters. The van der Waals surface area contributed by atoms with E-state index in [1.165, 1.54) is 11.6 Å². The minimum absolute atomic E-state index is 0.0218. The Labute approximate surface area is 173 Å². The van der Waals surface area contributed by atoms with Gasteiger partial charge in [-0.05, 0) is 33.6 Å². The van der Waals surface area contributed by atoms with Crippen LogP contribution in [-0.4, -0.2) is 27.7 Å². The van der Waals surface area contributed by atoms with Gasteiger partial charge in [0.05, 0.1) is 7.11 Å². The number of anilines is 1. The van der Waals surface area contributed by atoms with Gasteiger partial charge in [-0.3, -0.25) is 0 Å².